The topological polar surface area (TPSA) is 21.3 Å². The van der Waals surface area contributed by atoms with Crippen LogP contribution in [0, 0.1) is 11.8 Å². The number of rotatable bonds is 8. The van der Waals surface area contributed by atoms with Gasteiger partial charge in [0.05, 0.1) is 5.60 Å². The fourth-order valence-corrected chi connectivity index (χ4v) is 3.28. The highest BCUT2D eigenvalue weighted by Gasteiger charge is 2.30. The molecule has 0 spiro atoms. The summed E-state index contributed by atoms with van der Waals surface area (Å²) in [4.78, 5) is 0. The van der Waals surface area contributed by atoms with E-state index in [1.54, 1.807) is 0 Å². The fourth-order valence-electron chi connectivity index (χ4n) is 3.28. The van der Waals surface area contributed by atoms with E-state index >= 15 is 0 Å². The lowest BCUT2D eigenvalue weighted by Crippen LogP contribution is -2.41. The van der Waals surface area contributed by atoms with Crippen molar-refractivity contribution in [2.45, 2.75) is 84.3 Å². The normalized spacial score (nSPS) is 28.6. The summed E-state index contributed by atoms with van der Waals surface area (Å²) in [6, 6.07) is 0.746. The van der Waals surface area contributed by atoms with E-state index < -0.39 is 0 Å². The minimum Gasteiger partial charge on any atom is -0.379 e. The Bertz CT molecular complexity index is 239. The molecule has 114 valence electrons. The first kappa shape index (κ1) is 17.0. The maximum absolute atomic E-state index is 5.58. The summed E-state index contributed by atoms with van der Waals surface area (Å²) in [5.74, 6) is 1.80. The van der Waals surface area contributed by atoms with Crippen molar-refractivity contribution in [1.82, 2.24) is 5.32 Å². The molecule has 0 aromatic heterocycles. The van der Waals surface area contributed by atoms with Crippen LogP contribution >= 0.6 is 0 Å². The van der Waals surface area contributed by atoms with E-state index in [0.717, 1.165) is 17.9 Å². The Labute approximate surface area is 120 Å². The Morgan fingerprint density at radius 3 is 2.53 bits per heavy atom. The molecule has 0 aromatic rings. The lowest BCUT2D eigenvalue weighted by atomic mass is 9.74. The van der Waals surface area contributed by atoms with Gasteiger partial charge in [0.2, 0.25) is 0 Å². The standard InChI is InChI=1S/C17H35NO/c1-6-12-18-16-9-8-14(7-2)13-15(16)10-11-17(3,4)19-5/h14-16,18H,6-13H2,1-5H3. The molecule has 19 heavy (non-hydrogen) atoms. The molecule has 1 aliphatic carbocycles. The lowest BCUT2D eigenvalue weighted by molar-refractivity contribution is 0.00619. The maximum Gasteiger partial charge on any atom is 0.0622 e. The number of hydrogen-bond donors (Lipinski definition) is 1. The molecule has 1 rings (SSSR count). The molecule has 2 nitrogen and oxygen atoms in total. The Morgan fingerprint density at radius 2 is 1.95 bits per heavy atom. The second-order valence-corrected chi connectivity index (χ2v) is 6.91. The van der Waals surface area contributed by atoms with Crippen molar-refractivity contribution < 1.29 is 4.74 Å². The zero-order valence-electron chi connectivity index (χ0n) is 13.8. The van der Waals surface area contributed by atoms with Crippen LogP contribution in [-0.4, -0.2) is 25.3 Å². The molecule has 1 fully saturated rings. The largest absolute Gasteiger partial charge is 0.379 e. The molecule has 1 aliphatic rings. The molecule has 0 saturated heterocycles. The van der Waals surface area contributed by atoms with Gasteiger partial charge in [-0.1, -0.05) is 20.3 Å². The summed E-state index contributed by atoms with van der Waals surface area (Å²) >= 11 is 0. The van der Waals surface area contributed by atoms with Gasteiger partial charge in [0, 0.05) is 13.2 Å². The smallest absolute Gasteiger partial charge is 0.0622 e. The van der Waals surface area contributed by atoms with Crippen LogP contribution in [0.2, 0.25) is 0 Å². The third-order valence-electron chi connectivity index (χ3n) is 4.99. The van der Waals surface area contributed by atoms with E-state index in [1.165, 1.54) is 51.5 Å². The number of hydrogen-bond acceptors (Lipinski definition) is 2. The average molecular weight is 269 g/mol. The summed E-state index contributed by atoms with van der Waals surface area (Å²) in [5.41, 5.74) is 0.0362. The second-order valence-electron chi connectivity index (χ2n) is 6.91. The summed E-state index contributed by atoms with van der Waals surface area (Å²) in [6.07, 6.45) is 9.28. The van der Waals surface area contributed by atoms with E-state index in [4.69, 9.17) is 4.74 Å². The third kappa shape index (κ3) is 5.83. The van der Waals surface area contributed by atoms with Gasteiger partial charge in [0.1, 0.15) is 0 Å². The van der Waals surface area contributed by atoms with Crippen LogP contribution in [0.5, 0.6) is 0 Å². The van der Waals surface area contributed by atoms with Crippen molar-refractivity contribution in [1.29, 1.82) is 0 Å². The zero-order valence-corrected chi connectivity index (χ0v) is 13.8. The molecule has 0 aromatic carbocycles. The molecule has 3 unspecified atom stereocenters. The minimum absolute atomic E-state index is 0.0362. The van der Waals surface area contributed by atoms with Crippen molar-refractivity contribution in [3.05, 3.63) is 0 Å². The van der Waals surface area contributed by atoms with Gasteiger partial charge in [-0.3, -0.25) is 0 Å². The van der Waals surface area contributed by atoms with Crippen LogP contribution in [0.3, 0.4) is 0 Å². The van der Waals surface area contributed by atoms with Crippen LogP contribution < -0.4 is 5.32 Å². The van der Waals surface area contributed by atoms with Crippen molar-refractivity contribution in [3.8, 4) is 0 Å². The molecule has 0 aliphatic heterocycles. The van der Waals surface area contributed by atoms with Crippen molar-refractivity contribution in [2.75, 3.05) is 13.7 Å². The highest BCUT2D eigenvalue weighted by molar-refractivity contribution is 4.86. The Hall–Kier alpha value is -0.0800. The van der Waals surface area contributed by atoms with Gasteiger partial charge in [-0.2, -0.15) is 0 Å². The van der Waals surface area contributed by atoms with Gasteiger partial charge in [-0.15, -0.1) is 0 Å². The van der Waals surface area contributed by atoms with Gasteiger partial charge in [0.15, 0.2) is 0 Å². The van der Waals surface area contributed by atoms with E-state index in [9.17, 15) is 0 Å². The Kier molecular flexibility index (Phi) is 7.38. The highest BCUT2D eigenvalue weighted by Crippen LogP contribution is 2.35. The molecule has 1 saturated carbocycles. The summed E-state index contributed by atoms with van der Waals surface area (Å²) in [7, 11) is 1.84. The monoisotopic (exact) mass is 269 g/mol. The van der Waals surface area contributed by atoms with Crippen LogP contribution in [-0.2, 0) is 4.74 Å². The van der Waals surface area contributed by atoms with Crippen molar-refractivity contribution in [2.24, 2.45) is 11.8 Å². The maximum atomic E-state index is 5.58. The zero-order chi connectivity index (χ0) is 14.3. The third-order valence-corrected chi connectivity index (χ3v) is 4.99. The van der Waals surface area contributed by atoms with Crippen LogP contribution in [0.1, 0.15) is 72.6 Å². The van der Waals surface area contributed by atoms with Gasteiger partial charge >= 0.3 is 0 Å². The molecule has 0 heterocycles. The van der Waals surface area contributed by atoms with Gasteiger partial charge in [-0.05, 0) is 70.8 Å². The van der Waals surface area contributed by atoms with Gasteiger partial charge in [0.25, 0.3) is 0 Å². The van der Waals surface area contributed by atoms with E-state index in [-0.39, 0.29) is 5.60 Å². The highest BCUT2D eigenvalue weighted by atomic mass is 16.5. The quantitative estimate of drug-likeness (QED) is 0.706. The number of ether oxygens (including phenoxy) is 1. The first-order valence-corrected chi connectivity index (χ1v) is 8.31. The molecular weight excluding hydrogens is 234 g/mol. The number of methoxy groups -OCH3 is 1. The SMILES string of the molecule is CCCNC1CCC(CC)CC1CCC(C)(C)OC. The number of nitrogens with one attached hydrogen (secondary N) is 1. The van der Waals surface area contributed by atoms with Gasteiger partial charge in [-0.25, -0.2) is 0 Å². The fraction of sp³-hybridized carbons (Fsp3) is 1.00. The second kappa shape index (κ2) is 8.26. The molecule has 2 heteroatoms. The van der Waals surface area contributed by atoms with Crippen LogP contribution in [0.25, 0.3) is 0 Å². The molecule has 1 N–H and O–H groups in total. The van der Waals surface area contributed by atoms with E-state index in [2.05, 4.69) is 33.0 Å². The molecule has 0 amide bonds. The molecule has 0 bridgehead atoms. The molecule has 0 radical (unpaired) electrons. The predicted octanol–water partition coefficient (Wildman–Crippen LogP) is 4.39. The van der Waals surface area contributed by atoms with Crippen molar-refractivity contribution >= 4 is 0 Å². The summed E-state index contributed by atoms with van der Waals surface area (Å²) in [6.45, 7) is 10.2. The lowest BCUT2D eigenvalue weighted by Gasteiger charge is -2.38. The van der Waals surface area contributed by atoms with Crippen LogP contribution in [0.4, 0.5) is 0 Å². The Balaban J connectivity index is 2.50. The predicted molar refractivity (Wildman–Crippen MR) is 83.5 cm³/mol. The Morgan fingerprint density at radius 1 is 1.21 bits per heavy atom. The van der Waals surface area contributed by atoms with Crippen molar-refractivity contribution in [3.63, 3.8) is 0 Å². The molecular formula is C17H35NO. The minimum atomic E-state index is 0.0362. The molecule has 3 atom stereocenters. The van der Waals surface area contributed by atoms with Gasteiger partial charge < -0.3 is 10.1 Å². The van der Waals surface area contributed by atoms with E-state index in [0.29, 0.717) is 0 Å². The summed E-state index contributed by atoms with van der Waals surface area (Å²) in [5, 5.41) is 3.78. The van der Waals surface area contributed by atoms with Crippen LogP contribution in [0.15, 0.2) is 0 Å². The van der Waals surface area contributed by atoms with E-state index in [1.807, 2.05) is 7.11 Å². The average Bonchev–Trinajstić information content (AvgIpc) is 2.43. The first-order valence-electron chi connectivity index (χ1n) is 8.31. The summed E-state index contributed by atoms with van der Waals surface area (Å²) < 4.78 is 5.58. The first-order chi connectivity index (χ1) is 9.02.